The van der Waals surface area contributed by atoms with Gasteiger partial charge in [-0.3, -0.25) is 4.90 Å². The standard InChI is InChI=1S/C15H26N2/c1-11-5-6-15(12(2)7-11)10-17-8-13(3)16-14(4)9-17/h5-6,12-14,16H,7-10H2,1-4H3/t12?,13-,14+. The topological polar surface area (TPSA) is 15.3 Å². The van der Waals surface area contributed by atoms with E-state index in [4.69, 9.17) is 0 Å². The molecule has 1 aliphatic carbocycles. The van der Waals surface area contributed by atoms with E-state index in [1.165, 1.54) is 25.1 Å². The lowest BCUT2D eigenvalue weighted by molar-refractivity contribution is 0.182. The highest BCUT2D eigenvalue weighted by Crippen LogP contribution is 2.25. The van der Waals surface area contributed by atoms with Crippen LogP contribution in [0, 0.1) is 5.92 Å². The Hall–Kier alpha value is -0.600. The molecule has 1 fully saturated rings. The van der Waals surface area contributed by atoms with E-state index in [9.17, 15) is 0 Å². The molecule has 1 saturated heterocycles. The van der Waals surface area contributed by atoms with Crippen molar-refractivity contribution in [3.8, 4) is 0 Å². The summed E-state index contributed by atoms with van der Waals surface area (Å²) in [5.74, 6) is 0.723. The fourth-order valence-electron chi connectivity index (χ4n) is 3.13. The molecular weight excluding hydrogens is 208 g/mol. The second-order valence-corrected chi connectivity index (χ2v) is 6.02. The SMILES string of the molecule is CC1=CC=C(CN2C[C@@H](C)N[C@@H](C)C2)C(C)C1. The molecule has 2 heteroatoms. The number of hydrogen-bond donors (Lipinski definition) is 1. The predicted molar refractivity (Wildman–Crippen MR) is 74.1 cm³/mol. The Bertz CT molecular complexity index is 320. The highest BCUT2D eigenvalue weighted by Gasteiger charge is 2.23. The summed E-state index contributed by atoms with van der Waals surface area (Å²) in [5, 5.41) is 3.59. The molecule has 2 aliphatic rings. The number of hydrogen-bond acceptors (Lipinski definition) is 2. The van der Waals surface area contributed by atoms with Gasteiger partial charge in [-0.25, -0.2) is 0 Å². The van der Waals surface area contributed by atoms with Crippen molar-refractivity contribution in [2.24, 2.45) is 5.92 Å². The van der Waals surface area contributed by atoms with Crippen molar-refractivity contribution in [2.75, 3.05) is 19.6 Å². The van der Waals surface area contributed by atoms with E-state index < -0.39 is 0 Å². The maximum Gasteiger partial charge on any atom is 0.0200 e. The zero-order chi connectivity index (χ0) is 12.4. The molecule has 2 rings (SSSR count). The highest BCUT2D eigenvalue weighted by atomic mass is 15.2. The lowest BCUT2D eigenvalue weighted by Gasteiger charge is -2.37. The zero-order valence-corrected chi connectivity index (χ0v) is 11.7. The van der Waals surface area contributed by atoms with Gasteiger partial charge < -0.3 is 5.32 Å². The second-order valence-electron chi connectivity index (χ2n) is 6.02. The summed E-state index contributed by atoms with van der Waals surface area (Å²) >= 11 is 0. The molecule has 0 aromatic rings. The van der Waals surface area contributed by atoms with E-state index in [2.05, 4.69) is 50.1 Å². The number of allylic oxidation sites excluding steroid dienone is 3. The van der Waals surface area contributed by atoms with E-state index in [0.717, 1.165) is 12.5 Å². The normalized spacial score (nSPS) is 35.4. The molecule has 1 unspecified atom stereocenters. The molecule has 0 amide bonds. The molecule has 96 valence electrons. The molecule has 3 atom stereocenters. The Morgan fingerprint density at radius 3 is 2.41 bits per heavy atom. The molecule has 1 aliphatic heterocycles. The summed E-state index contributed by atoms with van der Waals surface area (Å²) in [4.78, 5) is 2.60. The minimum absolute atomic E-state index is 0.621. The second kappa shape index (κ2) is 5.36. The molecular formula is C15H26N2. The van der Waals surface area contributed by atoms with Crippen molar-refractivity contribution < 1.29 is 0 Å². The molecule has 0 radical (unpaired) electrons. The minimum atomic E-state index is 0.621. The van der Waals surface area contributed by atoms with Crippen LogP contribution in [-0.4, -0.2) is 36.6 Å². The summed E-state index contributed by atoms with van der Waals surface area (Å²) < 4.78 is 0. The van der Waals surface area contributed by atoms with Crippen molar-refractivity contribution in [1.29, 1.82) is 0 Å². The van der Waals surface area contributed by atoms with Crippen LogP contribution in [0.5, 0.6) is 0 Å². The quantitative estimate of drug-likeness (QED) is 0.790. The van der Waals surface area contributed by atoms with Crippen molar-refractivity contribution in [1.82, 2.24) is 10.2 Å². The lowest BCUT2D eigenvalue weighted by atomic mass is 9.88. The molecule has 0 aromatic heterocycles. The summed E-state index contributed by atoms with van der Waals surface area (Å²) in [6, 6.07) is 1.24. The van der Waals surface area contributed by atoms with Gasteiger partial charge in [-0.1, -0.05) is 30.2 Å². The van der Waals surface area contributed by atoms with E-state index in [1.54, 1.807) is 5.57 Å². The molecule has 0 saturated carbocycles. The van der Waals surface area contributed by atoms with Gasteiger partial charge in [-0.2, -0.15) is 0 Å². The fourth-order valence-corrected chi connectivity index (χ4v) is 3.13. The average molecular weight is 234 g/mol. The molecule has 0 spiro atoms. The monoisotopic (exact) mass is 234 g/mol. The van der Waals surface area contributed by atoms with Gasteiger partial charge >= 0.3 is 0 Å². The molecule has 1 N–H and O–H groups in total. The number of nitrogens with zero attached hydrogens (tertiary/aromatic N) is 1. The van der Waals surface area contributed by atoms with Gasteiger partial charge in [-0.15, -0.1) is 0 Å². The number of piperazine rings is 1. The lowest BCUT2D eigenvalue weighted by Crippen LogP contribution is -2.54. The highest BCUT2D eigenvalue weighted by molar-refractivity contribution is 5.26. The van der Waals surface area contributed by atoms with Gasteiger partial charge in [-0.05, 0) is 33.1 Å². The number of rotatable bonds is 2. The van der Waals surface area contributed by atoms with Gasteiger partial charge in [0.25, 0.3) is 0 Å². The van der Waals surface area contributed by atoms with Crippen molar-refractivity contribution >= 4 is 0 Å². The van der Waals surface area contributed by atoms with E-state index in [-0.39, 0.29) is 0 Å². The third kappa shape index (κ3) is 3.43. The first-order valence-electron chi connectivity index (χ1n) is 6.89. The average Bonchev–Trinajstić information content (AvgIpc) is 2.21. The zero-order valence-electron chi connectivity index (χ0n) is 11.7. The summed E-state index contributed by atoms with van der Waals surface area (Å²) in [7, 11) is 0. The summed E-state index contributed by atoms with van der Waals surface area (Å²) in [5.41, 5.74) is 3.13. The van der Waals surface area contributed by atoms with Crippen molar-refractivity contribution in [2.45, 2.75) is 46.2 Å². The minimum Gasteiger partial charge on any atom is -0.309 e. The Morgan fingerprint density at radius 1 is 1.18 bits per heavy atom. The Morgan fingerprint density at radius 2 is 1.82 bits per heavy atom. The van der Waals surface area contributed by atoms with Crippen LogP contribution in [0.15, 0.2) is 23.3 Å². The molecule has 0 bridgehead atoms. The van der Waals surface area contributed by atoms with Crippen LogP contribution >= 0.6 is 0 Å². The van der Waals surface area contributed by atoms with Gasteiger partial charge in [0, 0.05) is 31.7 Å². The van der Waals surface area contributed by atoms with Gasteiger partial charge in [0.1, 0.15) is 0 Å². The smallest absolute Gasteiger partial charge is 0.0200 e. The first-order valence-corrected chi connectivity index (χ1v) is 6.89. The molecule has 2 nitrogen and oxygen atoms in total. The summed E-state index contributed by atoms with van der Waals surface area (Å²) in [6.45, 7) is 12.7. The third-order valence-electron chi connectivity index (χ3n) is 3.88. The van der Waals surface area contributed by atoms with Crippen LogP contribution in [0.25, 0.3) is 0 Å². The van der Waals surface area contributed by atoms with Crippen LogP contribution in [0.4, 0.5) is 0 Å². The maximum atomic E-state index is 3.59. The van der Waals surface area contributed by atoms with Crippen LogP contribution in [-0.2, 0) is 0 Å². The first kappa shape index (κ1) is 12.8. The van der Waals surface area contributed by atoms with Crippen molar-refractivity contribution in [3.63, 3.8) is 0 Å². The maximum absolute atomic E-state index is 3.59. The van der Waals surface area contributed by atoms with Crippen LogP contribution < -0.4 is 5.32 Å². The van der Waals surface area contributed by atoms with Crippen molar-refractivity contribution in [3.05, 3.63) is 23.3 Å². The Labute approximate surface area is 106 Å². The van der Waals surface area contributed by atoms with E-state index in [1.807, 2.05) is 0 Å². The van der Waals surface area contributed by atoms with Gasteiger partial charge in [0.2, 0.25) is 0 Å². The molecule has 0 aromatic carbocycles. The largest absolute Gasteiger partial charge is 0.309 e. The number of nitrogens with one attached hydrogen (secondary N) is 1. The molecule has 17 heavy (non-hydrogen) atoms. The Balaban J connectivity index is 1.96. The first-order chi connectivity index (χ1) is 8.04. The van der Waals surface area contributed by atoms with Gasteiger partial charge in [0.05, 0.1) is 0 Å². The van der Waals surface area contributed by atoms with Crippen LogP contribution in [0.2, 0.25) is 0 Å². The van der Waals surface area contributed by atoms with E-state index >= 15 is 0 Å². The van der Waals surface area contributed by atoms with Gasteiger partial charge in [0.15, 0.2) is 0 Å². The Kier molecular flexibility index (Phi) is 4.05. The van der Waals surface area contributed by atoms with Crippen LogP contribution in [0.1, 0.15) is 34.1 Å². The summed E-state index contributed by atoms with van der Waals surface area (Å²) in [6.07, 6.45) is 5.88. The fraction of sp³-hybridized carbons (Fsp3) is 0.733. The van der Waals surface area contributed by atoms with Crippen LogP contribution in [0.3, 0.4) is 0 Å². The van der Waals surface area contributed by atoms with E-state index in [0.29, 0.717) is 12.1 Å². The molecule has 1 heterocycles. The predicted octanol–water partition coefficient (Wildman–Crippen LogP) is 2.58. The third-order valence-corrected chi connectivity index (χ3v) is 3.88.